The molecule has 0 radical (unpaired) electrons. The summed E-state index contributed by atoms with van der Waals surface area (Å²) >= 11 is 1.75. The fraction of sp³-hybridized carbons (Fsp3) is 0.600. The van der Waals surface area contributed by atoms with Crippen molar-refractivity contribution >= 4 is 11.3 Å². The monoisotopic (exact) mass is 183 g/mol. The quantitative estimate of drug-likeness (QED) is 0.763. The molecule has 0 aromatic carbocycles. The number of thiophene rings is 1. The summed E-state index contributed by atoms with van der Waals surface area (Å²) < 4.78 is 0. The van der Waals surface area contributed by atoms with Crippen LogP contribution in [0, 0.1) is 5.92 Å². The van der Waals surface area contributed by atoms with Crippen molar-refractivity contribution in [3.05, 3.63) is 22.4 Å². The van der Waals surface area contributed by atoms with Gasteiger partial charge in [-0.25, -0.2) is 0 Å². The lowest BCUT2D eigenvalue weighted by Gasteiger charge is -2.17. The number of hydrogen-bond donors (Lipinski definition) is 1. The van der Waals surface area contributed by atoms with E-state index in [2.05, 4.69) is 30.7 Å². The van der Waals surface area contributed by atoms with Gasteiger partial charge in [0.25, 0.3) is 0 Å². The van der Waals surface area contributed by atoms with Gasteiger partial charge in [-0.3, -0.25) is 0 Å². The summed E-state index contributed by atoms with van der Waals surface area (Å²) in [6.45, 7) is 4.41. The highest BCUT2D eigenvalue weighted by Crippen LogP contribution is 2.13. The molecule has 1 aromatic heterocycles. The van der Waals surface area contributed by atoms with Crippen molar-refractivity contribution in [3.8, 4) is 0 Å². The van der Waals surface area contributed by atoms with E-state index >= 15 is 0 Å². The predicted octanol–water partition coefficient (Wildman–Crippen LogP) is 2.66. The zero-order valence-electron chi connectivity index (χ0n) is 7.79. The average Bonchev–Trinajstić information content (AvgIpc) is 2.55. The van der Waals surface area contributed by atoms with Gasteiger partial charge in [-0.15, -0.1) is 0 Å². The molecular weight excluding hydrogens is 166 g/mol. The van der Waals surface area contributed by atoms with Gasteiger partial charge in [0.15, 0.2) is 0 Å². The lowest BCUT2D eigenvalue weighted by Crippen LogP contribution is -2.29. The summed E-state index contributed by atoms with van der Waals surface area (Å²) in [6.07, 6.45) is 2.20. The number of hydrogen-bond acceptors (Lipinski definition) is 2. The Morgan fingerprint density at radius 3 is 2.83 bits per heavy atom. The van der Waals surface area contributed by atoms with Crippen LogP contribution in [0.5, 0.6) is 0 Å². The molecule has 1 rings (SSSR count). The first-order valence-corrected chi connectivity index (χ1v) is 5.45. The molecule has 2 N–H and O–H groups in total. The SMILES string of the molecule is CCC(C)C(N)Cc1ccsc1. The molecular formula is C10H17NS. The molecule has 0 bridgehead atoms. The lowest BCUT2D eigenvalue weighted by atomic mass is 9.95. The molecule has 12 heavy (non-hydrogen) atoms. The summed E-state index contributed by atoms with van der Waals surface area (Å²) in [7, 11) is 0. The van der Waals surface area contributed by atoms with Crippen LogP contribution >= 0.6 is 11.3 Å². The maximum absolute atomic E-state index is 6.02. The van der Waals surface area contributed by atoms with Gasteiger partial charge in [-0.2, -0.15) is 11.3 Å². The molecule has 0 amide bonds. The third-order valence-corrected chi connectivity index (χ3v) is 3.16. The zero-order valence-corrected chi connectivity index (χ0v) is 8.60. The van der Waals surface area contributed by atoms with E-state index in [1.54, 1.807) is 11.3 Å². The van der Waals surface area contributed by atoms with Gasteiger partial charge in [0, 0.05) is 6.04 Å². The maximum Gasteiger partial charge on any atom is 0.0105 e. The Kier molecular flexibility index (Phi) is 3.76. The van der Waals surface area contributed by atoms with Crippen molar-refractivity contribution in [2.75, 3.05) is 0 Å². The van der Waals surface area contributed by atoms with Crippen LogP contribution in [-0.2, 0) is 6.42 Å². The van der Waals surface area contributed by atoms with Gasteiger partial charge in [0.2, 0.25) is 0 Å². The molecule has 0 aliphatic rings. The summed E-state index contributed by atoms with van der Waals surface area (Å²) in [5.74, 6) is 0.630. The van der Waals surface area contributed by atoms with Gasteiger partial charge >= 0.3 is 0 Å². The van der Waals surface area contributed by atoms with E-state index in [0.717, 1.165) is 6.42 Å². The molecule has 0 saturated carbocycles. The Labute approximate surface area is 78.6 Å². The molecule has 1 aromatic rings. The minimum Gasteiger partial charge on any atom is -0.327 e. The largest absolute Gasteiger partial charge is 0.327 e. The van der Waals surface area contributed by atoms with Crippen molar-refractivity contribution in [1.82, 2.24) is 0 Å². The van der Waals surface area contributed by atoms with Gasteiger partial charge in [0.05, 0.1) is 0 Å². The Bertz CT molecular complexity index is 206. The second-order valence-electron chi connectivity index (χ2n) is 3.39. The van der Waals surface area contributed by atoms with E-state index in [1.807, 2.05) is 0 Å². The van der Waals surface area contributed by atoms with Crippen LogP contribution in [-0.4, -0.2) is 6.04 Å². The number of nitrogens with two attached hydrogens (primary N) is 1. The highest BCUT2D eigenvalue weighted by Gasteiger charge is 2.10. The third kappa shape index (κ3) is 2.61. The molecule has 0 saturated heterocycles. The summed E-state index contributed by atoms with van der Waals surface area (Å²) in [6, 6.07) is 2.48. The van der Waals surface area contributed by atoms with Crippen LogP contribution < -0.4 is 5.73 Å². The summed E-state index contributed by atoms with van der Waals surface area (Å²) in [4.78, 5) is 0. The van der Waals surface area contributed by atoms with E-state index in [4.69, 9.17) is 5.73 Å². The van der Waals surface area contributed by atoms with Gasteiger partial charge in [-0.1, -0.05) is 20.3 Å². The third-order valence-electron chi connectivity index (χ3n) is 2.43. The molecule has 1 heterocycles. The van der Waals surface area contributed by atoms with Crippen LogP contribution in [0.4, 0.5) is 0 Å². The van der Waals surface area contributed by atoms with E-state index in [0.29, 0.717) is 12.0 Å². The highest BCUT2D eigenvalue weighted by atomic mass is 32.1. The molecule has 0 aliphatic heterocycles. The maximum atomic E-state index is 6.02. The van der Waals surface area contributed by atoms with Crippen molar-refractivity contribution in [3.63, 3.8) is 0 Å². The minimum atomic E-state index is 0.324. The van der Waals surface area contributed by atoms with Crippen molar-refractivity contribution in [2.24, 2.45) is 11.7 Å². The smallest absolute Gasteiger partial charge is 0.0105 e. The summed E-state index contributed by atoms with van der Waals surface area (Å²) in [5, 5.41) is 4.29. The van der Waals surface area contributed by atoms with Crippen molar-refractivity contribution < 1.29 is 0 Å². The van der Waals surface area contributed by atoms with Crippen LogP contribution in [0.1, 0.15) is 25.8 Å². The molecule has 2 heteroatoms. The molecule has 0 spiro atoms. The molecule has 1 nitrogen and oxygen atoms in total. The Balaban J connectivity index is 2.41. The molecule has 0 aliphatic carbocycles. The molecule has 2 atom stereocenters. The van der Waals surface area contributed by atoms with E-state index in [1.165, 1.54) is 12.0 Å². The predicted molar refractivity (Wildman–Crippen MR) is 55.5 cm³/mol. The first-order valence-electron chi connectivity index (χ1n) is 4.50. The average molecular weight is 183 g/mol. The Morgan fingerprint density at radius 2 is 2.33 bits per heavy atom. The second kappa shape index (κ2) is 4.63. The van der Waals surface area contributed by atoms with Crippen LogP contribution in [0.3, 0.4) is 0 Å². The molecule has 0 fully saturated rings. The highest BCUT2D eigenvalue weighted by molar-refractivity contribution is 7.07. The first kappa shape index (κ1) is 9.75. The van der Waals surface area contributed by atoms with Crippen molar-refractivity contribution in [2.45, 2.75) is 32.7 Å². The first-order chi connectivity index (χ1) is 5.74. The molecule has 2 unspecified atom stereocenters. The van der Waals surface area contributed by atoms with Crippen LogP contribution in [0.2, 0.25) is 0 Å². The standard InChI is InChI=1S/C10H17NS/c1-3-8(2)10(11)6-9-4-5-12-7-9/h4-5,7-8,10H,3,6,11H2,1-2H3. The topological polar surface area (TPSA) is 26.0 Å². The van der Waals surface area contributed by atoms with E-state index < -0.39 is 0 Å². The minimum absolute atomic E-state index is 0.324. The Hall–Kier alpha value is -0.340. The fourth-order valence-electron chi connectivity index (χ4n) is 1.18. The number of rotatable bonds is 4. The molecule has 68 valence electrons. The van der Waals surface area contributed by atoms with E-state index in [-0.39, 0.29) is 0 Å². The fourth-order valence-corrected chi connectivity index (χ4v) is 1.87. The normalized spacial score (nSPS) is 15.9. The Morgan fingerprint density at radius 1 is 1.58 bits per heavy atom. The van der Waals surface area contributed by atoms with Gasteiger partial charge in [-0.05, 0) is 34.7 Å². The summed E-state index contributed by atoms with van der Waals surface area (Å²) in [5.41, 5.74) is 7.41. The van der Waals surface area contributed by atoms with Crippen LogP contribution in [0.15, 0.2) is 16.8 Å². The van der Waals surface area contributed by atoms with Crippen LogP contribution in [0.25, 0.3) is 0 Å². The van der Waals surface area contributed by atoms with Gasteiger partial charge < -0.3 is 5.73 Å². The second-order valence-corrected chi connectivity index (χ2v) is 4.17. The lowest BCUT2D eigenvalue weighted by molar-refractivity contribution is 0.440. The van der Waals surface area contributed by atoms with Gasteiger partial charge in [0.1, 0.15) is 0 Å². The van der Waals surface area contributed by atoms with Crippen molar-refractivity contribution in [1.29, 1.82) is 0 Å². The zero-order chi connectivity index (χ0) is 8.97. The van der Waals surface area contributed by atoms with E-state index in [9.17, 15) is 0 Å².